The highest BCUT2D eigenvalue weighted by Crippen LogP contribution is 2.64. The van der Waals surface area contributed by atoms with E-state index >= 15 is 0 Å². The van der Waals surface area contributed by atoms with Crippen LogP contribution >= 0.6 is 7.87 Å². The van der Waals surface area contributed by atoms with E-state index in [-0.39, 0.29) is 31.3 Å². The molecule has 2 heterocycles. The van der Waals surface area contributed by atoms with Crippen LogP contribution in [0.1, 0.15) is 70.8 Å². The van der Waals surface area contributed by atoms with Gasteiger partial charge < -0.3 is 14.2 Å². The number of esters is 1. The lowest BCUT2D eigenvalue weighted by atomic mass is 10.1. The number of hydrogen-bond donors (Lipinski definition) is 2. The van der Waals surface area contributed by atoms with Gasteiger partial charge in [-0.05, 0) is 67.0 Å². The zero-order valence-electron chi connectivity index (χ0n) is 28.6. The average Bonchev–Trinajstić information content (AvgIpc) is 3.22. The van der Waals surface area contributed by atoms with Crippen molar-refractivity contribution in [2.45, 2.75) is 116 Å². The first-order chi connectivity index (χ1) is 21.4. The number of aryl methyl sites for hydroxylation is 1. The van der Waals surface area contributed by atoms with Crippen LogP contribution in [0.4, 0.5) is 0 Å². The molecule has 0 aliphatic carbocycles. The van der Waals surface area contributed by atoms with Crippen molar-refractivity contribution in [1.82, 2.24) is 14.2 Å². The molecule has 1 saturated heterocycles. The van der Waals surface area contributed by atoms with Gasteiger partial charge >= 0.3 is 19.5 Å². The first-order valence-electron chi connectivity index (χ1n) is 15.5. The number of rotatable bonds is 13. The molecule has 1 aliphatic heterocycles. The second-order valence-electron chi connectivity index (χ2n) is 13.3. The molecular formula is C32H49N4O8PSi+. The Hall–Kier alpha value is -2.69. The maximum atomic E-state index is 13.4. The first-order valence-corrected chi connectivity index (χ1v) is 19.8. The Kier molecular flexibility index (Phi) is 12.3. The minimum Gasteiger partial charge on any atom is -0.459 e. The molecule has 0 saturated carbocycles. The number of aromatic nitrogens is 2. The molecule has 1 radical (unpaired) electrons. The van der Waals surface area contributed by atoms with Crippen LogP contribution < -0.4 is 11.2 Å². The maximum Gasteiger partial charge on any atom is 0.347 e. The van der Waals surface area contributed by atoms with Crippen LogP contribution in [0.25, 0.3) is 0 Å². The molecular weight excluding hydrogens is 627 g/mol. The summed E-state index contributed by atoms with van der Waals surface area (Å²) in [6.07, 6.45) is -1.60. The van der Waals surface area contributed by atoms with E-state index in [4.69, 9.17) is 18.7 Å². The van der Waals surface area contributed by atoms with Crippen LogP contribution in [-0.2, 0) is 24.1 Å². The molecule has 0 spiro atoms. The van der Waals surface area contributed by atoms with Crippen molar-refractivity contribution >= 4 is 22.6 Å². The molecule has 1 unspecified atom stereocenters. The van der Waals surface area contributed by atoms with Crippen LogP contribution in [0.2, 0.25) is 13.1 Å². The van der Waals surface area contributed by atoms with Gasteiger partial charge in [-0.2, -0.15) is 9.79 Å². The smallest absolute Gasteiger partial charge is 0.347 e. The summed E-state index contributed by atoms with van der Waals surface area (Å²) < 4.78 is 29.5. The van der Waals surface area contributed by atoms with Gasteiger partial charge in [-0.15, -0.1) is 4.67 Å². The van der Waals surface area contributed by atoms with Gasteiger partial charge in [0.2, 0.25) is 0 Å². The molecule has 1 fully saturated rings. The van der Waals surface area contributed by atoms with Gasteiger partial charge in [-0.25, -0.2) is 14.5 Å². The SMILES string of the molecule is Cc1ccccc1C(=O)OC[C@H]1O[C@](n2ccc(=O)[nH]c2=O)([Si](C)C)[C@H](OC(C)(C)C)[C@@H]1O[P+](O)(CCC#N)N(C(C)C)C(C)C. The fourth-order valence-corrected chi connectivity index (χ4v) is 10.8. The van der Waals surface area contributed by atoms with Crippen LogP contribution in [0.3, 0.4) is 0 Å². The van der Waals surface area contributed by atoms with E-state index in [0.717, 1.165) is 5.56 Å². The number of hydrogen-bond acceptors (Lipinski definition) is 10. The largest absolute Gasteiger partial charge is 0.459 e. The minimum absolute atomic E-state index is 0.0344. The summed E-state index contributed by atoms with van der Waals surface area (Å²) in [7, 11) is -5.26. The molecule has 0 amide bonds. The predicted octanol–water partition coefficient (Wildman–Crippen LogP) is 4.40. The van der Waals surface area contributed by atoms with E-state index in [1.807, 2.05) is 85.3 Å². The van der Waals surface area contributed by atoms with Crippen molar-refractivity contribution in [2.75, 3.05) is 12.8 Å². The predicted molar refractivity (Wildman–Crippen MR) is 179 cm³/mol. The standard InChI is InChI=1S/C32H48N4O8PSi/c1-21(2)36(22(3)4)45(40,19-13-17-33)44-27-25(20-41-29(38)24-15-12-11-14-23(24)5)42-32(46(9)10,28(27)43-31(6,7)8)35-18-16-26(37)34-30(35)39/h11-12,14-16,18,21-22,25,27-28,40H,13,19-20H2,1-10H3/p+1/t25-,27-,28-,32+,45?/m1/s1. The zero-order valence-corrected chi connectivity index (χ0v) is 30.5. The zero-order chi connectivity index (χ0) is 34.6. The van der Waals surface area contributed by atoms with Crippen LogP contribution in [-0.4, -0.2) is 82.6 Å². The van der Waals surface area contributed by atoms with Crippen molar-refractivity contribution in [3.8, 4) is 6.07 Å². The van der Waals surface area contributed by atoms with Crippen molar-refractivity contribution < 1.29 is 28.4 Å². The quantitative estimate of drug-likeness (QED) is 0.177. The molecule has 1 aromatic carbocycles. The highest BCUT2D eigenvalue weighted by molar-refractivity contribution is 7.63. The number of carbonyl (C=O) groups is 1. The molecule has 5 atom stereocenters. The fourth-order valence-electron chi connectivity index (χ4n) is 6.05. The number of benzene rings is 1. The summed E-state index contributed by atoms with van der Waals surface area (Å²) in [4.78, 5) is 53.6. The number of carbonyl (C=O) groups excluding carboxylic acids is 1. The Bertz CT molecular complexity index is 1510. The first kappa shape index (κ1) is 37.8. The van der Waals surface area contributed by atoms with Crippen LogP contribution in [0.15, 0.2) is 46.1 Å². The lowest BCUT2D eigenvalue weighted by Crippen LogP contribution is -2.61. The van der Waals surface area contributed by atoms with E-state index in [2.05, 4.69) is 11.1 Å². The number of aromatic amines is 1. The van der Waals surface area contributed by atoms with E-state index in [0.29, 0.717) is 5.56 Å². The van der Waals surface area contributed by atoms with E-state index in [1.54, 1.807) is 12.1 Å². The molecule has 253 valence electrons. The molecule has 2 N–H and O–H groups in total. The number of nitriles is 1. The summed E-state index contributed by atoms with van der Waals surface area (Å²) in [6, 6.07) is 10.1. The summed E-state index contributed by atoms with van der Waals surface area (Å²) in [5, 5.41) is 8.08. The fraction of sp³-hybridized carbons (Fsp3) is 0.625. The monoisotopic (exact) mass is 676 g/mol. The van der Waals surface area contributed by atoms with Crippen molar-refractivity contribution in [3.63, 3.8) is 0 Å². The summed E-state index contributed by atoms with van der Waals surface area (Å²) in [6.45, 7) is 18.8. The van der Waals surface area contributed by atoms with Gasteiger partial charge in [0.1, 0.15) is 33.8 Å². The highest BCUT2D eigenvalue weighted by Gasteiger charge is 2.65. The van der Waals surface area contributed by atoms with E-state index in [9.17, 15) is 24.5 Å². The number of nitrogens with one attached hydrogen (secondary N) is 1. The van der Waals surface area contributed by atoms with Gasteiger partial charge in [0, 0.05) is 24.3 Å². The van der Waals surface area contributed by atoms with Crippen molar-refractivity contribution in [3.05, 3.63) is 68.5 Å². The van der Waals surface area contributed by atoms with Crippen molar-refractivity contribution in [2.24, 2.45) is 0 Å². The third-order valence-electron chi connectivity index (χ3n) is 7.73. The Balaban J connectivity index is 2.26. The lowest BCUT2D eigenvalue weighted by Gasteiger charge is -2.42. The van der Waals surface area contributed by atoms with Crippen molar-refractivity contribution in [1.29, 1.82) is 5.26 Å². The van der Waals surface area contributed by atoms with E-state index in [1.165, 1.54) is 16.8 Å². The molecule has 3 rings (SSSR count). The normalized spacial score (nSPS) is 23.2. The van der Waals surface area contributed by atoms with Gasteiger partial charge in [-0.3, -0.25) is 14.3 Å². The van der Waals surface area contributed by atoms with Crippen LogP contribution in [0, 0.1) is 18.3 Å². The Labute approximate surface area is 273 Å². The maximum absolute atomic E-state index is 13.4. The topological polar surface area (TPSA) is 156 Å². The van der Waals surface area contributed by atoms with E-state index < -0.39 is 63.1 Å². The third-order valence-corrected chi connectivity index (χ3v) is 12.8. The molecule has 12 nitrogen and oxygen atoms in total. The second kappa shape index (κ2) is 15.0. The number of nitrogens with zero attached hydrogens (tertiary/aromatic N) is 3. The number of ether oxygens (including phenoxy) is 3. The Morgan fingerprint density at radius 2 is 1.83 bits per heavy atom. The summed E-state index contributed by atoms with van der Waals surface area (Å²) >= 11 is 0. The average molecular weight is 677 g/mol. The Morgan fingerprint density at radius 1 is 1.20 bits per heavy atom. The lowest BCUT2D eigenvalue weighted by molar-refractivity contribution is -0.153. The van der Waals surface area contributed by atoms with Gasteiger partial charge in [0.25, 0.3) is 5.56 Å². The molecule has 46 heavy (non-hydrogen) atoms. The number of H-pyrrole nitrogens is 1. The third kappa shape index (κ3) is 8.23. The molecule has 1 aliphatic rings. The van der Waals surface area contributed by atoms with Crippen LogP contribution in [0.5, 0.6) is 0 Å². The van der Waals surface area contributed by atoms with Gasteiger partial charge in [0.15, 0.2) is 11.5 Å². The molecule has 1 aromatic heterocycles. The second-order valence-corrected chi connectivity index (χ2v) is 18.5. The highest BCUT2D eigenvalue weighted by atomic mass is 31.2. The van der Waals surface area contributed by atoms with Gasteiger partial charge in [-0.1, -0.05) is 31.3 Å². The molecule has 14 heteroatoms. The molecule has 2 aromatic rings. The Morgan fingerprint density at radius 3 is 2.35 bits per heavy atom. The minimum atomic E-state index is -3.53. The summed E-state index contributed by atoms with van der Waals surface area (Å²) in [5.74, 6) is -0.563. The summed E-state index contributed by atoms with van der Waals surface area (Å²) in [5.41, 5.74) is -0.914. The molecule has 0 bridgehead atoms. The van der Waals surface area contributed by atoms with Gasteiger partial charge in [0.05, 0.1) is 23.7 Å².